The lowest BCUT2D eigenvalue weighted by Gasteiger charge is -2.11. The molecule has 0 spiro atoms. The molecule has 1 aromatic heterocycles. The predicted octanol–water partition coefficient (Wildman–Crippen LogP) is 3.53. The molecule has 29 heavy (non-hydrogen) atoms. The van der Waals surface area contributed by atoms with Crippen LogP contribution in [-0.4, -0.2) is 36.8 Å². The van der Waals surface area contributed by atoms with Crippen LogP contribution in [0.25, 0.3) is 10.9 Å². The normalized spacial score (nSPS) is 10.3. The molecule has 0 aliphatic carbocycles. The number of methoxy groups -OCH3 is 2. The van der Waals surface area contributed by atoms with Crippen LogP contribution < -0.4 is 10.1 Å². The van der Waals surface area contributed by atoms with Crippen LogP contribution >= 0.6 is 11.6 Å². The van der Waals surface area contributed by atoms with Gasteiger partial charge in [-0.1, -0.05) is 35.6 Å². The van der Waals surface area contributed by atoms with Gasteiger partial charge in [-0.15, -0.1) is 0 Å². The number of nitrogens with zero attached hydrogens (tertiary/aromatic N) is 1. The summed E-state index contributed by atoms with van der Waals surface area (Å²) in [4.78, 5) is 16.9. The number of halogens is 1. The van der Waals surface area contributed by atoms with Gasteiger partial charge in [-0.3, -0.25) is 9.78 Å². The Hall–Kier alpha value is -3.27. The Morgan fingerprint density at radius 1 is 1.24 bits per heavy atom. The van der Waals surface area contributed by atoms with E-state index >= 15 is 0 Å². The van der Waals surface area contributed by atoms with E-state index in [4.69, 9.17) is 21.1 Å². The number of carbonyl (C=O) groups excluding carboxylic acids is 1. The van der Waals surface area contributed by atoms with Crippen molar-refractivity contribution in [2.75, 3.05) is 20.8 Å². The maximum absolute atomic E-state index is 12.6. The molecule has 1 amide bonds. The number of carbonyl (C=O) groups is 1. The lowest BCUT2D eigenvalue weighted by Crippen LogP contribution is -2.23. The van der Waals surface area contributed by atoms with E-state index in [-0.39, 0.29) is 17.9 Å². The maximum atomic E-state index is 12.6. The number of ether oxygens (including phenoxy) is 2. The minimum absolute atomic E-state index is 0.0653. The highest BCUT2D eigenvalue weighted by Crippen LogP contribution is 2.33. The van der Waals surface area contributed by atoms with Gasteiger partial charge in [0.1, 0.15) is 29.2 Å². The summed E-state index contributed by atoms with van der Waals surface area (Å²) in [6.07, 6.45) is 1.33. The number of aromatic nitrogens is 1. The van der Waals surface area contributed by atoms with Gasteiger partial charge in [-0.05, 0) is 29.8 Å². The molecule has 0 saturated heterocycles. The number of aromatic hydroxyl groups is 1. The van der Waals surface area contributed by atoms with Gasteiger partial charge in [-0.2, -0.15) is 0 Å². The third-order valence-corrected chi connectivity index (χ3v) is 4.44. The quantitative estimate of drug-likeness (QED) is 0.629. The van der Waals surface area contributed by atoms with E-state index in [2.05, 4.69) is 22.1 Å². The lowest BCUT2D eigenvalue weighted by molar-refractivity contribution is 0.0948. The summed E-state index contributed by atoms with van der Waals surface area (Å²) >= 11 is 5.87. The Balaban J connectivity index is 1.92. The van der Waals surface area contributed by atoms with Gasteiger partial charge in [0.15, 0.2) is 0 Å². The van der Waals surface area contributed by atoms with E-state index < -0.39 is 5.91 Å². The zero-order chi connectivity index (χ0) is 20.8. The minimum Gasteiger partial charge on any atom is -0.506 e. The zero-order valence-corrected chi connectivity index (χ0v) is 16.7. The number of amides is 1. The second-order valence-corrected chi connectivity index (χ2v) is 6.58. The zero-order valence-electron chi connectivity index (χ0n) is 16.0. The molecule has 7 heteroatoms. The van der Waals surface area contributed by atoms with Gasteiger partial charge in [0.05, 0.1) is 7.11 Å². The molecule has 148 valence electrons. The van der Waals surface area contributed by atoms with Crippen LogP contribution in [0.1, 0.15) is 21.5 Å². The van der Waals surface area contributed by atoms with Crippen LogP contribution in [0.15, 0.2) is 42.6 Å². The predicted molar refractivity (Wildman–Crippen MR) is 111 cm³/mol. The first kappa shape index (κ1) is 20.5. The van der Waals surface area contributed by atoms with Gasteiger partial charge in [-0.25, -0.2) is 0 Å². The molecule has 6 nitrogen and oxygen atoms in total. The number of hydrogen-bond acceptors (Lipinski definition) is 5. The highest BCUT2D eigenvalue weighted by Gasteiger charge is 2.17. The summed E-state index contributed by atoms with van der Waals surface area (Å²) < 4.78 is 10.3. The molecule has 0 unspecified atom stereocenters. The van der Waals surface area contributed by atoms with Crippen molar-refractivity contribution in [3.05, 3.63) is 64.3 Å². The maximum Gasteiger partial charge on any atom is 0.256 e. The monoisotopic (exact) mass is 410 g/mol. The number of rotatable bonds is 5. The van der Waals surface area contributed by atoms with Crippen LogP contribution in [0.5, 0.6) is 11.5 Å². The number of pyridine rings is 1. The molecule has 3 aromatic rings. The van der Waals surface area contributed by atoms with Crippen molar-refractivity contribution in [3.8, 4) is 23.3 Å². The van der Waals surface area contributed by atoms with E-state index in [0.717, 1.165) is 5.56 Å². The molecular weight excluding hydrogens is 392 g/mol. The van der Waals surface area contributed by atoms with Crippen molar-refractivity contribution in [2.24, 2.45) is 0 Å². The first-order valence-electron chi connectivity index (χ1n) is 8.73. The largest absolute Gasteiger partial charge is 0.506 e. The molecular formula is C22H19ClN2O4. The summed E-state index contributed by atoms with van der Waals surface area (Å²) in [5.41, 5.74) is 2.00. The Kier molecular flexibility index (Phi) is 6.55. The van der Waals surface area contributed by atoms with Crippen molar-refractivity contribution >= 4 is 28.4 Å². The minimum atomic E-state index is -0.443. The Morgan fingerprint density at radius 3 is 2.69 bits per heavy atom. The van der Waals surface area contributed by atoms with Crippen molar-refractivity contribution < 1.29 is 19.4 Å². The average molecular weight is 411 g/mol. The third kappa shape index (κ3) is 4.77. The fourth-order valence-electron chi connectivity index (χ4n) is 2.74. The molecule has 0 atom stereocenters. The first-order chi connectivity index (χ1) is 14.0. The van der Waals surface area contributed by atoms with Gasteiger partial charge in [0.2, 0.25) is 0 Å². The average Bonchev–Trinajstić information content (AvgIpc) is 2.73. The lowest BCUT2D eigenvalue weighted by atomic mass is 10.1. The van der Waals surface area contributed by atoms with Gasteiger partial charge < -0.3 is 19.9 Å². The molecule has 0 aliphatic heterocycles. The van der Waals surface area contributed by atoms with E-state index in [1.807, 2.05) is 12.1 Å². The number of hydrogen-bond donors (Lipinski definition) is 2. The van der Waals surface area contributed by atoms with Crippen molar-refractivity contribution in [2.45, 2.75) is 6.54 Å². The second-order valence-electron chi connectivity index (χ2n) is 6.14. The molecule has 1 heterocycles. The summed E-state index contributed by atoms with van der Waals surface area (Å²) in [7, 11) is 3.06. The molecule has 0 saturated carbocycles. The van der Waals surface area contributed by atoms with Crippen molar-refractivity contribution in [1.29, 1.82) is 0 Å². The molecule has 3 rings (SSSR count). The van der Waals surface area contributed by atoms with Crippen LogP contribution in [0.2, 0.25) is 5.02 Å². The van der Waals surface area contributed by atoms with Crippen LogP contribution in [-0.2, 0) is 11.3 Å². The van der Waals surface area contributed by atoms with Crippen molar-refractivity contribution in [1.82, 2.24) is 10.3 Å². The van der Waals surface area contributed by atoms with Crippen LogP contribution in [0.3, 0.4) is 0 Å². The fourth-order valence-corrected chi connectivity index (χ4v) is 2.87. The second kappa shape index (κ2) is 9.28. The Morgan fingerprint density at radius 2 is 2.00 bits per heavy atom. The fraction of sp³-hybridized carbons (Fsp3) is 0.182. The molecule has 2 aromatic carbocycles. The Labute approximate surface area is 173 Å². The molecule has 2 N–H and O–H groups in total. The molecule has 0 radical (unpaired) electrons. The molecule has 0 fully saturated rings. The standard InChI is InChI=1S/C22H19ClN2O4/c1-28-9-3-4-15-10-17-20(19(11-15)29-2)24-13-18(21(17)26)22(27)25-12-14-5-7-16(23)8-6-14/h5-8,10-11,13H,9,12H2,1-2H3,(H,24,26)(H,25,27). The van der Waals surface area contributed by atoms with E-state index in [1.54, 1.807) is 31.4 Å². The number of nitrogens with one attached hydrogen (secondary N) is 1. The van der Waals surface area contributed by atoms with Crippen LogP contribution in [0.4, 0.5) is 0 Å². The van der Waals surface area contributed by atoms with Gasteiger partial charge >= 0.3 is 0 Å². The SMILES string of the molecule is COCC#Cc1cc(OC)c2ncc(C(=O)NCc3ccc(Cl)cc3)c(O)c2c1. The smallest absolute Gasteiger partial charge is 0.256 e. The van der Waals surface area contributed by atoms with Gasteiger partial charge in [0.25, 0.3) is 5.91 Å². The van der Waals surface area contributed by atoms with E-state index in [0.29, 0.717) is 33.8 Å². The van der Waals surface area contributed by atoms with Crippen molar-refractivity contribution in [3.63, 3.8) is 0 Å². The van der Waals surface area contributed by atoms with E-state index in [1.165, 1.54) is 13.3 Å². The topological polar surface area (TPSA) is 80.7 Å². The summed E-state index contributed by atoms with van der Waals surface area (Å²) in [5, 5.41) is 14.5. The Bertz CT molecular complexity index is 1100. The highest BCUT2D eigenvalue weighted by molar-refractivity contribution is 6.30. The summed E-state index contributed by atoms with van der Waals surface area (Å²) in [6, 6.07) is 10.5. The highest BCUT2D eigenvalue weighted by atomic mass is 35.5. The number of benzene rings is 2. The van der Waals surface area contributed by atoms with E-state index in [9.17, 15) is 9.90 Å². The number of fused-ring (bicyclic) bond motifs is 1. The molecule has 0 aliphatic rings. The summed E-state index contributed by atoms with van der Waals surface area (Å²) in [6.45, 7) is 0.567. The summed E-state index contributed by atoms with van der Waals surface area (Å²) in [5.74, 6) is 5.61. The third-order valence-electron chi connectivity index (χ3n) is 4.19. The van der Waals surface area contributed by atoms with Gasteiger partial charge in [0, 0.05) is 35.8 Å². The molecule has 0 bridgehead atoms. The van der Waals surface area contributed by atoms with Crippen LogP contribution in [0, 0.1) is 11.8 Å². The first-order valence-corrected chi connectivity index (χ1v) is 9.11.